The van der Waals surface area contributed by atoms with Gasteiger partial charge in [-0.05, 0) is 176 Å². The average Bonchev–Trinajstić information content (AvgIpc) is 0.877. The van der Waals surface area contributed by atoms with E-state index in [2.05, 4.69) is 162 Å². The van der Waals surface area contributed by atoms with Gasteiger partial charge in [-0.3, -0.25) is 41.9 Å². The van der Waals surface area contributed by atoms with Gasteiger partial charge in [0, 0.05) is 78.8 Å². The molecule has 6 aliphatic heterocycles. The molecule has 582 valence electrons. The van der Waals surface area contributed by atoms with Crippen LogP contribution >= 0.6 is 46.4 Å². The summed E-state index contributed by atoms with van der Waals surface area (Å²) in [6, 6.07) is 47.5. The number of nitrogens with two attached hydrogens (primary N) is 3. The van der Waals surface area contributed by atoms with E-state index in [-0.39, 0.29) is 37.0 Å². The van der Waals surface area contributed by atoms with Gasteiger partial charge in [0.05, 0.1) is 13.1 Å². The molecule has 0 amide bonds. The number of anilines is 2. The SMILES string of the molecule is CC1N=C(N(C)C)NC(=NCCc2ccccc2Cl)N1.CC1N=C(N(C)C)NC(=NCc2ccccc2Cl)N1.CC1N=C(N)NC(=NCCc2ccc(Cl)cc2)N1.CC1N=C(N)NC(=NCc2ccc(Cl)cc2)N1.Cc1cccc(NC2=NC(C)N=C(N)N2)c1.Cc1cccc(NC2=NC(C)N=C(NC(C)C)N2)c1. The molecule has 6 unspecified atom stereocenters. The number of hydrogen-bond donors (Lipinski definition) is 16. The summed E-state index contributed by atoms with van der Waals surface area (Å²) < 4.78 is 0. The largest absolute Gasteiger partial charge is 0.370 e. The summed E-state index contributed by atoms with van der Waals surface area (Å²) >= 11 is 23.9. The Morgan fingerprint density at radius 1 is 0.413 bits per heavy atom. The molecule has 0 aromatic heterocycles. The summed E-state index contributed by atoms with van der Waals surface area (Å²) in [5.74, 6) is 7.65. The number of aliphatic imine (C=N–C) groups is 12. The van der Waals surface area contributed by atoms with Crippen molar-refractivity contribution in [2.24, 2.45) is 77.1 Å². The highest BCUT2D eigenvalue weighted by Crippen LogP contribution is 2.19. The summed E-state index contributed by atoms with van der Waals surface area (Å²) in [5, 5.41) is 43.3. The predicted octanol–water partition coefficient (Wildman–Crippen LogP) is 8.58. The minimum Gasteiger partial charge on any atom is -0.370 e. The minimum absolute atomic E-state index is 0.00338. The van der Waals surface area contributed by atoms with Crippen LogP contribution in [0.15, 0.2) is 206 Å². The van der Waals surface area contributed by atoms with E-state index >= 15 is 0 Å². The van der Waals surface area contributed by atoms with Crippen LogP contribution in [0.3, 0.4) is 0 Å². The van der Waals surface area contributed by atoms with Crippen molar-refractivity contribution < 1.29 is 0 Å². The molecule has 0 radical (unpaired) electrons. The highest BCUT2D eigenvalue weighted by Gasteiger charge is 2.20. The lowest BCUT2D eigenvalue weighted by Crippen LogP contribution is -2.53. The fourth-order valence-corrected chi connectivity index (χ4v) is 10.8. The number of benzene rings is 6. The average molecular weight is 1570 g/mol. The Hall–Kier alpha value is -11.1. The van der Waals surface area contributed by atoms with Crippen LogP contribution in [-0.2, 0) is 25.9 Å². The topological polar surface area (TPSA) is 389 Å². The molecule has 0 spiro atoms. The molecule has 6 aromatic rings. The molecule has 0 aliphatic carbocycles. The lowest BCUT2D eigenvalue weighted by molar-refractivity contribution is 0.559. The third kappa shape index (κ3) is 32.1. The van der Waals surface area contributed by atoms with Gasteiger partial charge in [-0.25, -0.2) is 49.9 Å². The van der Waals surface area contributed by atoms with Gasteiger partial charge in [0.25, 0.3) is 0 Å². The highest BCUT2D eigenvalue weighted by molar-refractivity contribution is 6.32. The van der Waals surface area contributed by atoms with Gasteiger partial charge in [-0.1, -0.05) is 131 Å². The van der Waals surface area contributed by atoms with Crippen LogP contribution in [0.2, 0.25) is 20.1 Å². The quantitative estimate of drug-likeness (QED) is 0.0514. The lowest BCUT2D eigenvalue weighted by atomic mass is 10.1. The van der Waals surface area contributed by atoms with Crippen molar-refractivity contribution in [3.05, 3.63) is 199 Å². The zero-order chi connectivity index (χ0) is 78.9. The zero-order valence-corrected chi connectivity index (χ0v) is 67.2. The lowest BCUT2D eigenvalue weighted by Gasteiger charge is -2.26. The molecule has 12 rings (SSSR count). The third-order valence-electron chi connectivity index (χ3n) is 15.1. The molecular weight excluding hydrogens is 1460 g/mol. The van der Waals surface area contributed by atoms with Crippen molar-refractivity contribution in [1.82, 2.24) is 68.3 Å². The van der Waals surface area contributed by atoms with Crippen molar-refractivity contribution in [2.75, 3.05) is 51.9 Å². The molecule has 0 bridgehead atoms. The molecule has 0 fully saturated rings. The number of aryl methyl sites for hydroxylation is 2. The maximum Gasteiger partial charge on any atom is 0.204 e. The second kappa shape index (κ2) is 43.7. The van der Waals surface area contributed by atoms with Gasteiger partial charge in [0.15, 0.2) is 47.7 Å². The fourth-order valence-electron chi connectivity index (χ4n) is 10.1. The minimum atomic E-state index is -0.145. The van der Waals surface area contributed by atoms with Crippen LogP contribution in [0.25, 0.3) is 0 Å². The van der Waals surface area contributed by atoms with E-state index in [9.17, 15) is 0 Å². The first kappa shape index (κ1) is 85.2. The molecule has 109 heavy (non-hydrogen) atoms. The van der Waals surface area contributed by atoms with E-state index in [1.807, 2.05) is 220 Å². The van der Waals surface area contributed by atoms with Gasteiger partial charge in [-0.15, -0.1) is 0 Å². The molecule has 6 heterocycles. The molecular formula is C75H104Cl4N30. The van der Waals surface area contributed by atoms with Crippen LogP contribution in [-0.4, -0.2) is 166 Å². The van der Waals surface area contributed by atoms with Crippen molar-refractivity contribution in [3.63, 3.8) is 0 Å². The standard InChI is InChI=1S/C14H20ClN5.C14H21N5.C13H18ClN5.C12H16ClN5.C11H14ClN5.C11H15N5/c1-10-17-13(19-14(18-10)20(2)3)16-9-8-11-6-4-5-7-12(11)15;1-9(2)15-13-16-11(4)17-14(19-13)18-12-7-5-6-10(3)8-12;1-9-16-12(18-13(17-9)19(2)3)15-8-10-6-4-5-7-11(10)14;1-8-16-11(14)18-12(17-8)15-7-6-9-2-4-10(13)5-3-9;1-7-15-10(13)17-11(16-7)14-6-8-2-4-9(12)5-3-8;1-7-4-3-5-9(6-7)15-11-14-8(2)13-10(12)16-11/h4-7,10H,8-9H2,1-3H3,(H2,16,17,18,19);5-9,11H,1-4H3,(H3,15,16,17,18,19);4-7,9H,8H2,1-3H3,(H2,15,16,17,18);2-5,8H,6-7H2,1H3,(H4,14,15,16,17,18);2-5,7H,6H2,1H3,(H4,13,14,15,16,17);3-6,8H,1-2H3,(H4,12,13,14,15,16). The molecule has 6 atom stereocenters. The van der Waals surface area contributed by atoms with Crippen molar-refractivity contribution in [1.29, 1.82) is 0 Å². The van der Waals surface area contributed by atoms with Crippen molar-refractivity contribution >= 4 is 129 Å². The highest BCUT2D eigenvalue weighted by atomic mass is 35.5. The zero-order valence-electron chi connectivity index (χ0n) is 64.1. The summed E-state index contributed by atoms with van der Waals surface area (Å²) in [6.07, 6.45) is 1.37. The normalized spacial score (nSPS) is 20.2. The maximum atomic E-state index is 6.13. The molecule has 0 saturated heterocycles. The van der Waals surface area contributed by atoms with Gasteiger partial charge in [0.1, 0.15) is 37.0 Å². The number of halogens is 4. The molecule has 30 nitrogen and oxygen atoms in total. The van der Waals surface area contributed by atoms with Crippen LogP contribution < -0.4 is 86.3 Å². The van der Waals surface area contributed by atoms with Crippen molar-refractivity contribution in [3.8, 4) is 0 Å². The van der Waals surface area contributed by atoms with Crippen molar-refractivity contribution in [2.45, 2.75) is 138 Å². The Morgan fingerprint density at radius 2 is 0.817 bits per heavy atom. The number of guanidine groups is 12. The first-order chi connectivity index (χ1) is 52.0. The smallest absolute Gasteiger partial charge is 0.204 e. The second-order valence-electron chi connectivity index (χ2n) is 26.0. The van der Waals surface area contributed by atoms with Gasteiger partial charge >= 0.3 is 0 Å². The molecule has 6 aliphatic rings. The number of nitrogens with one attached hydrogen (secondary N) is 13. The number of hydrogen-bond acceptors (Lipinski definition) is 22. The van der Waals surface area contributed by atoms with Crippen LogP contribution in [0.1, 0.15) is 88.8 Å². The van der Waals surface area contributed by atoms with E-state index in [0.29, 0.717) is 73.9 Å². The van der Waals surface area contributed by atoms with E-state index in [1.54, 1.807) is 0 Å². The van der Waals surface area contributed by atoms with Gasteiger partial charge in [0.2, 0.25) is 23.8 Å². The Labute approximate surface area is 660 Å². The van der Waals surface area contributed by atoms with Crippen LogP contribution in [0.4, 0.5) is 11.4 Å². The fraction of sp³-hybridized carbons (Fsp3) is 0.360. The first-order valence-electron chi connectivity index (χ1n) is 35.5. The number of nitrogens with zero attached hydrogens (tertiary/aromatic N) is 14. The molecule has 0 saturated carbocycles. The van der Waals surface area contributed by atoms with Crippen LogP contribution in [0, 0.1) is 13.8 Å². The molecule has 34 heteroatoms. The van der Waals surface area contributed by atoms with E-state index in [0.717, 1.165) is 90.8 Å². The first-order valence-corrected chi connectivity index (χ1v) is 37.1. The summed E-state index contributed by atoms with van der Waals surface area (Å²) in [5.41, 5.74) is 25.6. The second-order valence-corrected chi connectivity index (χ2v) is 27.7. The van der Waals surface area contributed by atoms with E-state index in [1.165, 1.54) is 16.7 Å². The summed E-state index contributed by atoms with van der Waals surface area (Å²) in [7, 11) is 7.78. The Morgan fingerprint density at radius 3 is 1.28 bits per heavy atom. The maximum absolute atomic E-state index is 6.13. The monoisotopic (exact) mass is 1560 g/mol. The Kier molecular flexibility index (Phi) is 34.1. The molecule has 6 aromatic carbocycles. The van der Waals surface area contributed by atoms with E-state index < -0.39 is 0 Å². The number of rotatable bonds is 13. The van der Waals surface area contributed by atoms with Crippen LogP contribution in [0.5, 0.6) is 0 Å². The third-order valence-corrected chi connectivity index (χ3v) is 16.4. The molecule has 19 N–H and O–H groups in total. The predicted molar refractivity (Wildman–Crippen MR) is 456 cm³/mol. The van der Waals surface area contributed by atoms with E-state index in [4.69, 9.17) is 63.6 Å². The Balaban J connectivity index is 0.000000182. The summed E-state index contributed by atoms with van der Waals surface area (Å²) in [4.78, 5) is 55.8. The van der Waals surface area contributed by atoms with Gasteiger partial charge in [-0.2, -0.15) is 0 Å². The van der Waals surface area contributed by atoms with Gasteiger partial charge < -0.3 is 64.2 Å². The summed E-state index contributed by atoms with van der Waals surface area (Å²) in [6.45, 7) is 22.3. The Bertz CT molecular complexity index is 4320.